The number of fused-ring (bicyclic) bond motifs is 1. The van der Waals surface area contributed by atoms with Crippen molar-refractivity contribution in [2.45, 2.75) is 37.0 Å². The number of hydrogen-bond donors (Lipinski definition) is 4. The van der Waals surface area contributed by atoms with E-state index in [-0.39, 0.29) is 11.8 Å². The minimum Gasteiger partial charge on any atom is -0.394 e. The highest BCUT2D eigenvalue weighted by Gasteiger charge is 2.54. The van der Waals surface area contributed by atoms with Gasteiger partial charge in [-0.1, -0.05) is 0 Å². The fourth-order valence-electron chi connectivity index (χ4n) is 2.50. The van der Waals surface area contributed by atoms with E-state index < -0.39 is 42.6 Å². The molecular weight excluding hydrogens is 282 g/mol. The lowest BCUT2D eigenvalue weighted by molar-refractivity contribution is -0.120. The maximum absolute atomic E-state index is 12.0. The Kier molecular flexibility index (Phi) is 3.06. The molecule has 10 heteroatoms. The predicted molar refractivity (Wildman–Crippen MR) is 70.6 cm³/mol. The highest BCUT2D eigenvalue weighted by atomic mass is 16.6. The molecule has 3 unspecified atom stereocenters. The van der Waals surface area contributed by atoms with Crippen LogP contribution in [-0.2, 0) is 9.53 Å². The molecule has 3 rings (SSSR count). The number of carbonyl (C=O) groups is 1. The van der Waals surface area contributed by atoms with Crippen molar-refractivity contribution in [2.24, 2.45) is 20.7 Å². The third kappa shape index (κ3) is 1.87. The van der Waals surface area contributed by atoms with E-state index in [1.165, 1.54) is 18.2 Å². The van der Waals surface area contributed by atoms with E-state index in [2.05, 4.69) is 15.0 Å². The van der Waals surface area contributed by atoms with Crippen molar-refractivity contribution in [3.8, 4) is 0 Å². The summed E-state index contributed by atoms with van der Waals surface area (Å²) in [6.45, 7) is 1.06. The normalized spacial score (nSPS) is 42.1. The van der Waals surface area contributed by atoms with Crippen molar-refractivity contribution in [3.63, 3.8) is 0 Å². The number of carbonyl (C=O) groups excluding carboxylic acids is 1. The van der Waals surface area contributed by atoms with E-state index in [0.29, 0.717) is 0 Å². The number of nitrogens with zero attached hydrogens (tertiary/aromatic N) is 4. The molecular formula is C11H15N5O5. The van der Waals surface area contributed by atoms with Crippen LogP contribution in [0.3, 0.4) is 0 Å². The summed E-state index contributed by atoms with van der Waals surface area (Å²) < 4.78 is 5.40. The maximum Gasteiger partial charge on any atom is 0.284 e. The third-order valence-electron chi connectivity index (χ3n) is 3.76. The highest BCUT2D eigenvalue weighted by Crippen LogP contribution is 2.31. The van der Waals surface area contributed by atoms with Gasteiger partial charge in [-0.15, -0.1) is 0 Å². The molecule has 0 radical (unpaired) electrons. The topological polar surface area (TPSA) is 153 Å². The van der Waals surface area contributed by atoms with Crippen LogP contribution < -0.4 is 5.73 Å². The van der Waals surface area contributed by atoms with E-state index in [1.807, 2.05) is 0 Å². The predicted octanol–water partition coefficient (Wildman–Crippen LogP) is -3.22. The van der Waals surface area contributed by atoms with Crippen molar-refractivity contribution in [1.29, 1.82) is 0 Å². The third-order valence-corrected chi connectivity index (χ3v) is 3.76. The minimum absolute atomic E-state index is 0.162. The van der Waals surface area contributed by atoms with Gasteiger partial charge < -0.3 is 25.8 Å². The van der Waals surface area contributed by atoms with Gasteiger partial charge in [0.05, 0.1) is 12.9 Å². The fraction of sp³-hybridized carbons (Fsp3) is 0.636. The second-order valence-electron chi connectivity index (χ2n) is 5.16. The number of aliphatic hydroxyl groups is 3. The Labute approximate surface area is 119 Å². The molecule has 1 saturated heterocycles. The first-order chi connectivity index (χ1) is 9.88. The number of hydrogen-bond acceptors (Lipinski definition) is 9. The van der Waals surface area contributed by atoms with Crippen LogP contribution >= 0.6 is 0 Å². The summed E-state index contributed by atoms with van der Waals surface area (Å²) in [5.41, 5.74) is 4.16. The van der Waals surface area contributed by atoms with Gasteiger partial charge in [0.2, 0.25) is 5.96 Å². The summed E-state index contributed by atoms with van der Waals surface area (Å²) in [6.07, 6.45) is -3.23. The number of aliphatic hydroxyl groups excluding tert-OH is 3. The number of aliphatic imine (C=N–C) groups is 3. The van der Waals surface area contributed by atoms with Crippen molar-refractivity contribution >= 4 is 24.0 Å². The molecule has 1 amide bonds. The highest BCUT2D eigenvalue weighted by molar-refractivity contribution is 6.25. The summed E-state index contributed by atoms with van der Waals surface area (Å²) in [6, 6.07) is 0. The monoisotopic (exact) mass is 297 g/mol. The van der Waals surface area contributed by atoms with Gasteiger partial charge in [-0.2, -0.15) is 9.98 Å². The van der Waals surface area contributed by atoms with E-state index in [4.69, 9.17) is 15.6 Å². The number of ether oxygens (including phenoxy) is 1. The average molecular weight is 297 g/mol. The first kappa shape index (κ1) is 14.1. The standard InChI is InChI=1S/C11H15N5O5/c1-11-8(14-10(12)15-9(11)20)16(3-13-11)7-6(19)5(18)4(2-17)21-7/h3-7,17-19H,2H2,1H3,(H2,12,15,20)/t4-,5?,6?,7-,11?/m1/s1. The van der Waals surface area contributed by atoms with Gasteiger partial charge in [0, 0.05) is 0 Å². The largest absolute Gasteiger partial charge is 0.394 e. The summed E-state index contributed by atoms with van der Waals surface area (Å²) in [7, 11) is 0. The van der Waals surface area contributed by atoms with E-state index in [0.717, 1.165) is 0 Å². The Hall–Kier alpha value is -1.88. The Morgan fingerprint density at radius 2 is 2.14 bits per heavy atom. The molecule has 0 aromatic carbocycles. The van der Waals surface area contributed by atoms with Crippen LogP contribution in [0.25, 0.3) is 0 Å². The van der Waals surface area contributed by atoms with Gasteiger partial charge in [-0.25, -0.2) is 0 Å². The second kappa shape index (κ2) is 4.56. The van der Waals surface area contributed by atoms with Crippen LogP contribution in [0.5, 0.6) is 0 Å². The Balaban J connectivity index is 1.93. The summed E-state index contributed by atoms with van der Waals surface area (Å²) in [4.78, 5) is 24.9. The molecule has 0 spiro atoms. The number of rotatable bonds is 2. The lowest BCUT2D eigenvalue weighted by Gasteiger charge is -2.30. The van der Waals surface area contributed by atoms with Gasteiger partial charge >= 0.3 is 0 Å². The number of amides is 1. The SMILES string of the molecule is CC12N=CN([C@@H]3O[C@H](CO)C(O)C3O)C1=NC(N)=NC2=O. The van der Waals surface area contributed by atoms with Crippen molar-refractivity contribution in [3.05, 3.63) is 0 Å². The molecule has 0 bridgehead atoms. The molecule has 3 aliphatic rings. The Morgan fingerprint density at radius 3 is 2.76 bits per heavy atom. The molecule has 0 aromatic heterocycles. The molecule has 10 nitrogen and oxygen atoms in total. The average Bonchev–Trinajstić information content (AvgIpc) is 2.91. The van der Waals surface area contributed by atoms with E-state index in [1.54, 1.807) is 0 Å². The van der Waals surface area contributed by atoms with Gasteiger partial charge in [0.25, 0.3) is 5.91 Å². The maximum atomic E-state index is 12.0. The minimum atomic E-state index is -1.33. The molecule has 3 heterocycles. The summed E-state index contributed by atoms with van der Waals surface area (Å²) in [5.74, 6) is -0.625. The fourth-order valence-corrected chi connectivity index (χ4v) is 2.50. The zero-order valence-corrected chi connectivity index (χ0v) is 11.1. The molecule has 5 N–H and O–H groups in total. The lowest BCUT2D eigenvalue weighted by atomic mass is 10.00. The smallest absolute Gasteiger partial charge is 0.284 e. The number of amidine groups is 1. The van der Waals surface area contributed by atoms with Crippen LogP contribution in [0.4, 0.5) is 0 Å². The number of guanidine groups is 1. The first-order valence-corrected chi connectivity index (χ1v) is 6.32. The molecule has 114 valence electrons. The van der Waals surface area contributed by atoms with Crippen LogP contribution in [-0.4, -0.2) is 80.9 Å². The lowest BCUT2D eigenvalue weighted by Crippen LogP contribution is -2.53. The van der Waals surface area contributed by atoms with Gasteiger partial charge in [-0.3, -0.25) is 14.7 Å². The van der Waals surface area contributed by atoms with Crippen molar-refractivity contribution in [1.82, 2.24) is 4.90 Å². The van der Waals surface area contributed by atoms with Crippen LogP contribution in [0.2, 0.25) is 0 Å². The Bertz CT molecular complexity index is 575. The van der Waals surface area contributed by atoms with E-state index in [9.17, 15) is 15.0 Å². The molecule has 0 aromatic rings. The molecule has 3 aliphatic heterocycles. The Morgan fingerprint density at radius 1 is 1.43 bits per heavy atom. The van der Waals surface area contributed by atoms with Crippen molar-refractivity contribution < 1.29 is 24.9 Å². The second-order valence-corrected chi connectivity index (χ2v) is 5.16. The summed E-state index contributed by atoms with van der Waals surface area (Å²) in [5, 5.41) is 28.9. The van der Waals surface area contributed by atoms with Crippen LogP contribution in [0, 0.1) is 0 Å². The summed E-state index contributed by atoms with van der Waals surface area (Å²) >= 11 is 0. The van der Waals surface area contributed by atoms with E-state index >= 15 is 0 Å². The molecule has 1 fully saturated rings. The van der Waals surface area contributed by atoms with Gasteiger partial charge in [0.1, 0.15) is 18.3 Å². The molecule has 0 aliphatic carbocycles. The van der Waals surface area contributed by atoms with Crippen LogP contribution in [0.1, 0.15) is 6.92 Å². The zero-order valence-electron chi connectivity index (χ0n) is 11.1. The quantitative estimate of drug-likeness (QED) is 0.418. The van der Waals surface area contributed by atoms with Gasteiger partial charge in [0.15, 0.2) is 17.6 Å². The van der Waals surface area contributed by atoms with Gasteiger partial charge in [-0.05, 0) is 6.92 Å². The van der Waals surface area contributed by atoms with Crippen LogP contribution in [0.15, 0.2) is 15.0 Å². The molecule has 21 heavy (non-hydrogen) atoms. The van der Waals surface area contributed by atoms with Crippen molar-refractivity contribution in [2.75, 3.05) is 6.61 Å². The number of nitrogens with two attached hydrogens (primary N) is 1. The zero-order chi connectivity index (χ0) is 15.4. The first-order valence-electron chi connectivity index (χ1n) is 6.32. The molecule has 5 atom stereocenters. The molecule has 0 saturated carbocycles.